The molecule has 0 radical (unpaired) electrons. The van der Waals surface area contributed by atoms with Gasteiger partial charge in [-0.05, 0) is 38.0 Å². The van der Waals surface area contributed by atoms with Crippen LogP contribution in [-0.4, -0.2) is 27.2 Å². The number of aryl methyl sites for hydroxylation is 1. The maximum atomic E-state index is 13.2. The molecular weight excluding hydrogens is 408 g/mol. The molecule has 0 aliphatic heterocycles. The Bertz CT molecular complexity index is 1490. The van der Waals surface area contributed by atoms with Gasteiger partial charge in [-0.2, -0.15) is 5.10 Å². The largest absolute Gasteiger partial charge is 0.361 e. The molecule has 156 valence electrons. The van der Waals surface area contributed by atoms with Gasteiger partial charge in [0, 0.05) is 33.7 Å². The quantitative estimate of drug-likeness (QED) is 0.436. The minimum atomic E-state index is -0.697. The molecule has 0 spiro atoms. The fraction of sp³-hybridized carbons (Fsp3) is 0.208. The number of carbonyl (C=O) groups is 1. The van der Waals surface area contributed by atoms with Crippen molar-refractivity contribution < 1.29 is 4.79 Å². The van der Waals surface area contributed by atoms with Crippen molar-refractivity contribution in [3.05, 3.63) is 76.3 Å². The van der Waals surface area contributed by atoms with Gasteiger partial charge in [0.05, 0.1) is 15.8 Å². The van der Waals surface area contributed by atoms with Crippen LogP contribution in [0.2, 0.25) is 0 Å². The van der Waals surface area contributed by atoms with E-state index in [0.717, 1.165) is 36.9 Å². The molecular formula is C24H22N4O2S. The first-order valence-electron chi connectivity index (χ1n) is 10.3. The Labute approximate surface area is 182 Å². The van der Waals surface area contributed by atoms with Crippen LogP contribution in [-0.2, 0) is 11.2 Å². The Balaban J connectivity index is 1.38. The van der Waals surface area contributed by atoms with E-state index in [2.05, 4.69) is 21.5 Å². The number of benzene rings is 2. The van der Waals surface area contributed by atoms with Gasteiger partial charge in [0.25, 0.3) is 5.56 Å². The molecule has 2 N–H and O–H groups in total. The maximum absolute atomic E-state index is 13.2. The highest BCUT2D eigenvalue weighted by Gasteiger charge is 2.21. The molecule has 0 fully saturated rings. The second kappa shape index (κ2) is 7.67. The third-order valence-corrected chi connectivity index (χ3v) is 7.00. The Morgan fingerprint density at radius 3 is 2.74 bits per heavy atom. The summed E-state index contributed by atoms with van der Waals surface area (Å²) in [6, 6.07) is 15.2. The van der Waals surface area contributed by atoms with Crippen LogP contribution < -0.4 is 10.9 Å². The monoisotopic (exact) mass is 430 g/mol. The Kier molecular flexibility index (Phi) is 4.82. The first-order valence-corrected chi connectivity index (χ1v) is 11.1. The highest BCUT2D eigenvalue weighted by atomic mass is 32.1. The van der Waals surface area contributed by atoms with Gasteiger partial charge in [0.15, 0.2) is 0 Å². The average molecular weight is 431 g/mol. The van der Waals surface area contributed by atoms with Crippen molar-refractivity contribution in [2.45, 2.75) is 26.3 Å². The number of fused-ring (bicyclic) bond motifs is 4. The molecule has 0 saturated carbocycles. The Hall–Kier alpha value is -3.45. The summed E-state index contributed by atoms with van der Waals surface area (Å²) in [4.78, 5) is 29.3. The number of nitrogens with one attached hydrogen (secondary N) is 2. The highest BCUT2D eigenvalue weighted by molar-refractivity contribution is 7.26. The number of nitrogens with zero attached hydrogens (tertiary/aromatic N) is 2. The van der Waals surface area contributed by atoms with Crippen LogP contribution in [0.4, 0.5) is 0 Å². The third-order valence-electron chi connectivity index (χ3n) is 5.72. The van der Waals surface area contributed by atoms with Gasteiger partial charge in [-0.3, -0.25) is 9.59 Å². The SMILES string of the molecule is Cc1nn([C@H](C)C(=O)NCCc2c[nH]c3ccccc23)c(=O)c2c1sc1ccccc12. The van der Waals surface area contributed by atoms with Gasteiger partial charge in [-0.25, -0.2) is 4.68 Å². The van der Waals surface area contributed by atoms with Crippen LogP contribution in [0.25, 0.3) is 31.1 Å². The Morgan fingerprint density at radius 2 is 1.90 bits per heavy atom. The van der Waals surface area contributed by atoms with Crippen molar-refractivity contribution in [2.24, 2.45) is 0 Å². The number of amides is 1. The molecule has 0 bridgehead atoms. The van der Waals surface area contributed by atoms with Crippen molar-refractivity contribution in [1.29, 1.82) is 0 Å². The van der Waals surface area contributed by atoms with Gasteiger partial charge in [0.2, 0.25) is 5.91 Å². The van der Waals surface area contributed by atoms with E-state index in [1.165, 1.54) is 4.68 Å². The van der Waals surface area contributed by atoms with E-state index in [1.54, 1.807) is 18.3 Å². The van der Waals surface area contributed by atoms with E-state index >= 15 is 0 Å². The molecule has 1 amide bonds. The molecule has 7 heteroatoms. The summed E-state index contributed by atoms with van der Waals surface area (Å²) in [5.41, 5.74) is 2.77. The van der Waals surface area contributed by atoms with Crippen LogP contribution in [0.5, 0.6) is 0 Å². The molecule has 1 atom stereocenters. The summed E-state index contributed by atoms with van der Waals surface area (Å²) in [5.74, 6) is -0.215. The van der Waals surface area contributed by atoms with Crippen LogP contribution in [0.3, 0.4) is 0 Å². The van der Waals surface area contributed by atoms with Crippen LogP contribution in [0.15, 0.2) is 59.5 Å². The van der Waals surface area contributed by atoms with Crippen molar-refractivity contribution in [3.63, 3.8) is 0 Å². The standard InChI is InChI=1S/C24H22N4O2S/c1-14-22-21(18-8-4-6-10-20(18)31-22)24(30)28(27-14)15(2)23(29)25-12-11-16-13-26-19-9-5-3-7-17(16)19/h3-10,13,15,26H,11-12H2,1-2H3,(H,25,29)/t15-/m1/s1. The number of rotatable bonds is 5. The number of para-hydroxylation sites is 1. The lowest BCUT2D eigenvalue weighted by Gasteiger charge is -2.15. The maximum Gasteiger partial charge on any atom is 0.276 e. The minimum Gasteiger partial charge on any atom is -0.361 e. The zero-order valence-corrected chi connectivity index (χ0v) is 18.1. The molecule has 0 aliphatic rings. The Morgan fingerprint density at radius 1 is 1.16 bits per heavy atom. The topological polar surface area (TPSA) is 79.8 Å². The lowest BCUT2D eigenvalue weighted by Crippen LogP contribution is -2.38. The fourth-order valence-electron chi connectivity index (χ4n) is 4.06. The molecule has 5 aromatic rings. The lowest BCUT2D eigenvalue weighted by molar-refractivity contribution is -0.124. The van der Waals surface area contributed by atoms with Gasteiger partial charge in [-0.15, -0.1) is 11.3 Å². The van der Waals surface area contributed by atoms with Crippen molar-refractivity contribution in [3.8, 4) is 0 Å². The molecule has 3 heterocycles. The van der Waals surface area contributed by atoms with Gasteiger partial charge < -0.3 is 10.3 Å². The zero-order chi connectivity index (χ0) is 21.5. The lowest BCUT2D eigenvalue weighted by atomic mass is 10.1. The fourth-order valence-corrected chi connectivity index (χ4v) is 5.19. The average Bonchev–Trinajstić information content (AvgIpc) is 3.38. The number of H-pyrrole nitrogens is 1. The summed E-state index contributed by atoms with van der Waals surface area (Å²) >= 11 is 1.57. The van der Waals surface area contributed by atoms with Gasteiger partial charge >= 0.3 is 0 Å². The minimum absolute atomic E-state index is 0.215. The van der Waals surface area contributed by atoms with Crippen LogP contribution in [0.1, 0.15) is 24.2 Å². The first kappa shape index (κ1) is 19.5. The number of hydrogen-bond donors (Lipinski definition) is 2. The molecule has 2 aromatic carbocycles. The number of carbonyl (C=O) groups excluding carboxylic acids is 1. The second-order valence-corrected chi connectivity index (χ2v) is 8.77. The van der Waals surface area contributed by atoms with E-state index in [9.17, 15) is 9.59 Å². The van der Waals surface area contributed by atoms with Crippen LogP contribution >= 0.6 is 11.3 Å². The summed E-state index contributed by atoms with van der Waals surface area (Å²) in [6.07, 6.45) is 2.68. The zero-order valence-electron chi connectivity index (χ0n) is 17.3. The molecule has 0 unspecified atom stereocenters. The number of aromatic nitrogens is 3. The first-order chi connectivity index (χ1) is 15.0. The molecule has 0 aliphatic carbocycles. The predicted octanol–water partition coefficient (Wildman–Crippen LogP) is 4.32. The molecule has 0 saturated heterocycles. The summed E-state index contributed by atoms with van der Waals surface area (Å²) in [7, 11) is 0. The molecule has 31 heavy (non-hydrogen) atoms. The van der Waals surface area contributed by atoms with Crippen LogP contribution in [0, 0.1) is 6.92 Å². The summed E-state index contributed by atoms with van der Waals surface area (Å²) in [6.45, 7) is 4.09. The smallest absolute Gasteiger partial charge is 0.276 e. The molecule has 6 nitrogen and oxygen atoms in total. The van der Waals surface area contributed by atoms with Gasteiger partial charge in [0.1, 0.15) is 6.04 Å². The van der Waals surface area contributed by atoms with Crippen molar-refractivity contribution >= 4 is 48.3 Å². The number of thiophene rings is 1. The third kappa shape index (κ3) is 3.31. The van der Waals surface area contributed by atoms with E-state index < -0.39 is 6.04 Å². The molecule has 5 rings (SSSR count). The van der Waals surface area contributed by atoms with E-state index in [0.29, 0.717) is 18.4 Å². The summed E-state index contributed by atoms with van der Waals surface area (Å²) < 4.78 is 3.25. The second-order valence-electron chi connectivity index (χ2n) is 7.71. The van der Waals surface area contributed by atoms with Gasteiger partial charge in [-0.1, -0.05) is 36.4 Å². The van der Waals surface area contributed by atoms with Crippen molar-refractivity contribution in [1.82, 2.24) is 20.1 Å². The van der Waals surface area contributed by atoms with E-state index in [4.69, 9.17) is 0 Å². The number of aromatic amines is 1. The van der Waals surface area contributed by atoms with E-state index in [1.807, 2.05) is 55.6 Å². The molecule has 3 aromatic heterocycles. The number of hydrogen-bond acceptors (Lipinski definition) is 4. The highest BCUT2D eigenvalue weighted by Crippen LogP contribution is 2.32. The predicted molar refractivity (Wildman–Crippen MR) is 126 cm³/mol. The van der Waals surface area contributed by atoms with Crippen molar-refractivity contribution in [2.75, 3.05) is 6.54 Å². The van der Waals surface area contributed by atoms with E-state index in [-0.39, 0.29) is 11.5 Å². The summed E-state index contributed by atoms with van der Waals surface area (Å²) in [5, 5.41) is 10.1. The normalized spacial score (nSPS) is 12.6.